The molecule has 1 heterocycles. The van der Waals surface area contributed by atoms with E-state index in [4.69, 9.17) is 0 Å². The summed E-state index contributed by atoms with van der Waals surface area (Å²) < 4.78 is 13.1. The van der Waals surface area contributed by atoms with Crippen LogP contribution in [0.15, 0.2) is 24.3 Å². The number of hydrogen-bond acceptors (Lipinski definition) is 3. The summed E-state index contributed by atoms with van der Waals surface area (Å²) in [6.07, 6.45) is 5.07. The summed E-state index contributed by atoms with van der Waals surface area (Å²) in [5, 5.41) is 3.05. The fourth-order valence-electron chi connectivity index (χ4n) is 4.32. The lowest BCUT2D eigenvalue weighted by molar-refractivity contribution is -0.135. The van der Waals surface area contributed by atoms with Crippen LogP contribution in [0.1, 0.15) is 44.6 Å². The normalized spacial score (nSPS) is 19.9. The molecule has 0 aromatic heterocycles. The number of rotatable bonds is 6. The molecular formula is C21H30FN3O2. The molecule has 5 nitrogen and oxygen atoms in total. The lowest BCUT2D eigenvalue weighted by Crippen LogP contribution is -2.57. The minimum atomic E-state index is -0.270. The summed E-state index contributed by atoms with van der Waals surface area (Å²) in [5.74, 6) is 0.356. The largest absolute Gasteiger partial charge is 0.351 e. The summed E-state index contributed by atoms with van der Waals surface area (Å²) >= 11 is 0. The fraction of sp³-hybridized carbons (Fsp3) is 0.619. The first-order valence-electron chi connectivity index (χ1n) is 10.1. The van der Waals surface area contributed by atoms with E-state index in [0.717, 1.165) is 31.5 Å². The van der Waals surface area contributed by atoms with Gasteiger partial charge in [-0.1, -0.05) is 31.9 Å². The second kappa shape index (κ2) is 9.31. The van der Waals surface area contributed by atoms with Gasteiger partial charge in [0.25, 0.3) is 0 Å². The van der Waals surface area contributed by atoms with E-state index in [1.54, 1.807) is 12.1 Å². The van der Waals surface area contributed by atoms with Gasteiger partial charge >= 0.3 is 0 Å². The summed E-state index contributed by atoms with van der Waals surface area (Å²) in [7, 11) is 0. The Morgan fingerprint density at radius 3 is 2.33 bits per heavy atom. The van der Waals surface area contributed by atoms with Gasteiger partial charge in [-0.2, -0.15) is 0 Å². The molecule has 1 aliphatic carbocycles. The van der Waals surface area contributed by atoms with Crippen LogP contribution >= 0.6 is 0 Å². The van der Waals surface area contributed by atoms with Crippen LogP contribution in [-0.4, -0.2) is 53.8 Å². The Balaban J connectivity index is 1.61. The number of carbonyl (C=O) groups excluding carboxylic acids is 2. The van der Waals surface area contributed by atoms with E-state index in [1.807, 2.05) is 11.8 Å². The van der Waals surface area contributed by atoms with Crippen molar-refractivity contribution in [1.82, 2.24) is 15.1 Å². The highest BCUT2D eigenvalue weighted by atomic mass is 19.1. The molecule has 1 aromatic carbocycles. The van der Waals surface area contributed by atoms with Crippen molar-refractivity contribution in [2.24, 2.45) is 5.92 Å². The second-order valence-corrected chi connectivity index (χ2v) is 7.60. The highest BCUT2D eigenvalue weighted by Gasteiger charge is 2.37. The van der Waals surface area contributed by atoms with Crippen LogP contribution in [0, 0.1) is 11.7 Å². The van der Waals surface area contributed by atoms with E-state index in [2.05, 4.69) is 10.2 Å². The van der Waals surface area contributed by atoms with E-state index in [9.17, 15) is 14.0 Å². The third kappa shape index (κ3) is 5.06. The van der Waals surface area contributed by atoms with Gasteiger partial charge in [-0.3, -0.25) is 14.5 Å². The first-order valence-corrected chi connectivity index (χ1v) is 10.1. The quantitative estimate of drug-likeness (QED) is 0.831. The summed E-state index contributed by atoms with van der Waals surface area (Å²) in [5.41, 5.74) is 0.897. The van der Waals surface area contributed by atoms with Crippen molar-refractivity contribution in [3.63, 3.8) is 0 Å². The Kier molecular flexibility index (Phi) is 6.83. The zero-order chi connectivity index (χ0) is 19.2. The molecular weight excluding hydrogens is 345 g/mol. The molecule has 1 saturated carbocycles. The number of benzene rings is 1. The van der Waals surface area contributed by atoms with Crippen molar-refractivity contribution in [1.29, 1.82) is 0 Å². The number of nitrogens with one attached hydrogen (secondary N) is 1. The third-order valence-corrected chi connectivity index (χ3v) is 5.86. The van der Waals surface area contributed by atoms with Crippen molar-refractivity contribution in [2.75, 3.05) is 26.2 Å². The Hall–Kier alpha value is -1.95. The molecule has 1 saturated heterocycles. The maximum atomic E-state index is 13.1. The molecule has 3 rings (SSSR count). The molecule has 1 N–H and O–H groups in total. The molecule has 2 aliphatic rings. The molecule has 1 aliphatic heterocycles. The standard InChI is InChI=1S/C21H30FN3O2/c1-2-19(26)24-11-13-25(14-12-24)20(17-5-3-4-6-17)21(27)23-15-16-7-9-18(22)10-8-16/h7-10,17,20H,2-6,11-15H2,1H3,(H,23,27). The number of carbonyl (C=O) groups is 2. The van der Waals surface area contributed by atoms with Crippen LogP contribution < -0.4 is 5.32 Å². The van der Waals surface area contributed by atoms with Crippen molar-refractivity contribution in [3.05, 3.63) is 35.6 Å². The van der Waals surface area contributed by atoms with Crippen LogP contribution in [0.2, 0.25) is 0 Å². The second-order valence-electron chi connectivity index (χ2n) is 7.60. The maximum Gasteiger partial charge on any atom is 0.237 e. The predicted octanol–water partition coefficient (Wildman–Crippen LogP) is 2.55. The smallest absolute Gasteiger partial charge is 0.237 e. The van der Waals surface area contributed by atoms with Crippen LogP contribution in [0.25, 0.3) is 0 Å². The van der Waals surface area contributed by atoms with Gasteiger partial charge in [0, 0.05) is 39.1 Å². The van der Waals surface area contributed by atoms with E-state index in [1.165, 1.54) is 25.0 Å². The monoisotopic (exact) mass is 375 g/mol. The van der Waals surface area contributed by atoms with Crippen molar-refractivity contribution >= 4 is 11.8 Å². The molecule has 0 radical (unpaired) electrons. The number of amides is 2. The van der Waals surface area contributed by atoms with Gasteiger partial charge < -0.3 is 10.2 Å². The van der Waals surface area contributed by atoms with E-state index < -0.39 is 0 Å². The maximum absolute atomic E-state index is 13.1. The number of nitrogens with zero attached hydrogens (tertiary/aromatic N) is 2. The zero-order valence-corrected chi connectivity index (χ0v) is 16.1. The molecule has 1 aromatic rings. The van der Waals surface area contributed by atoms with Crippen molar-refractivity contribution in [2.45, 2.75) is 51.6 Å². The van der Waals surface area contributed by atoms with Gasteiger partial charge in [0.2, 0.25) is 11.8 Å². The Bertz CT molecular complexity index is 635. The van der Waals surface area contributed by atoms with Crippen LogP contribution in [0.4, 0.5) is 4.39 Å². The molecule has 1 unspecified atom stereocenters. The molecule has 27 heavy (non-hydrogen) atoms. The third-order valence-electron chi connectivity index (χ3n) is 5.86. The van der Waals surface area contributed by atoms with Gasteiger partial charge in [0.15, 0.2) is 0 Å². The average molecular weight is 375 g/mol. The molecule has 2 fully saturated rings. The van der Waals surface area contributed by atoms with E-state index in [0.29, 0.717) is 32.0 Å². The number of piperazine rings is 1. The van der Waals surface area contributed by atoms with Gasteiger partial charge in [-0.05, 0) is 36.5 Å². The van der Waals surface area contributed by atoms with Gasteiger partial charge in [-0.25, -0.2) is 4.39 Å². The molecule has 1 atom stereocenters. The summed E-state index contributed by atoms with van der Waals surface area (Å²) in [4.78, 5) is 29.1. The zero-order valence-electron chi connectivity index (χ0n) is 16.1. The summed E-state index contributed by atoms with van der Waals surface area (Å²) in [6, 6.07) is 6.11. The number of hydrogen-bond donors (Lipinski definition) is 1. The van der Waals surface area contributed by atoms with Crippen molar-refractivity contribution < 1.29 is 14.0 Å². The molecule has 6 heteroatoms. The fourth-order valence-corrected chi connectivity index (χ4v) is 4.32. The van der Waals surface area contributed by atoms with Gasteiger partial charge in [0.05, 0.1) is 6.04 Å². The Morgan fingerprint density at radius 2 is 1.74 bits per heavy atom. The molecule has 0 bridgehead atoms. The number of halogens is 1. The highest BCUT2D eigenvalue weighted by Crippen LogP contribution is 2.31. The van der Waals surface area contributed by atoms with Crippen LogP contribution in [-0.2, 0) is 16.1 Å². The Morgan fingerprint density at radius 1 is 1.11 bits per heavy atom. The SMILES string of the molecule is CCC(=O)N1CCN(C(C(=O)NCc2ccc(F)cc2)C2CCCC2)CC1. The van der Waals surface area contributed by atoms with Crippen molar-refractivity contribution in [3.8, 4) is 0 Å². The highest BCUT2D eigenvalue weighted by molar-refractivity contribution is 5.82. The lowest BCUT2D eigenvalue weighted by atomic mass is 9.95. The van der Waals surface area contributed by atoms with E-state index in [-0.39, 0.29) is 23.7 Å². The lowest BCUT2D eigenvalue weighted by Gasteiger charge is -2.40. The minimum Gasteiger partial charge on any atom is -0.351 e. The molecule has 0 spiro atoms. The van der Waals surface area contributed by atoms with Gasteiger partial charge in [0.1, 0.15) is 5.82 Å². The Labute approximate surface area is 160 Å². The average Bonchev–Trinajstić information content (AvgIpc) is 3.22. The minimum absolute atomic E-state index is 0.0569. The molecule has 148 valence electrons. The van der Waals surface area contributed by atoms with E-state index >= 15 is 0 Å². The summed E-state index contributed by atoms with van der Waals surface area (Å²) in [6.45, 7) is 5.19. The van der Waals surface area contributed by atoms with Gasteiger partial charge in [-0.15, -0.1) is 0 Å². The van der Waals surface area contributed by atoms with Crippen LogP contribution in [0.5, 0.6) is 0 Å². The first-order chi connectivity index (χ1) is 13.1. The first kappa shape index (κ1) is 19.8. The molecule has 2 amide bonds. The predicted molar refractivity (Wildman–Crippen MR) is 102 cm³/mol. The van der Waals surface area contributed by atoms with Crippen LogP contribution in [0.3, 0.4) is 0 Å². The topological polar surface area (TPSA) is 52.7 Å².